The van der Waals surface area contributed by atoms with Gasteiger partial charge in [0.2, 0.25) is 0 Å². The second-order valence-corrected chi connectivity index (χ2v) is 5.32. The van der Waals surface area contributed by atoms with Gasteiger partial charge in [0.1, 0.15) is 0 Å². The van der Waals surface area contributed by atoms with Crippen molar-refractivity contribution in [3.8, 4) is 6.07 Å². The Morgan fingerprint density at radius 3 is 2.85 bits per heavy atom. The highest BCUT2D eigenvalue weighted by atomic mass is 16.2. The molecule has 2 amide bonds. The number of anilines is 1. The Hall–Kier alpha value is -2.02. The highest BCUT2D eigenvalue weighted by molar-refractivity contribution is 5.89. The lowest BCUT2D eigenvalue weighted by molar-refractivity contribution is 0.176. The number of urea groups is 1. The van der Waals surface area contributed by atoms with E-state index < -0.39 is 0 Å². The van der Waals surface area contributed by atoms with Crippen LogP contribution < -0.4 is 5.32 Å². The second-order valence-electron chi connectivity index (χ2n) is 5.32. The summed E-state index contributed by atoms with van der Waals surface area (Å²) in [6.07, 6.45) is 3.85. The Kier molecular flexibility index (Phi) is 5.00. The number of nitrogens with one attached hydrogen (secondary N) is 1. The minimum Gasteiger partial charge on any atom is -0.324 e. The summed E-state index contributed by atoms with van der Waals surface area (Å²) in [5.74, 6) is 0.632. The van der Waals surface area contributed by atoms with Crippen LogP contribution in [0.2, 0.25) is 0 Å². The maximum atomic E-state index is 12.2. The largest absolute Gasteiger partial charge is 0.324 e. The molecule has 0 radical (unpaired) electrons. The Morgan fingerprint density at radius 1 is 1.45 bits per heavy atom. The van der Waals surface area contributed by atoms with Crippen LogP contribution in [0, 0.1) is 17.2 Å². The topological polar surface area (TPSA) is 56.1 Å². The van der Waals surface area contributed by atoms with Crippen molar-refractivity contribution in [2.75, 3.05) is 18.4 Å². The minimum absolute atomic E-state index is 0.0174. The molecule has 1 atom stereocenters. The monoisotopic (exact) mass is 271 g/mol. The molecule has 1 aromatic rings. The minimum atomic E-state index is -0.0174. The van der Waals surface area contributed by atoms with Crippen molar-refractivity contribution in [1.82, 2.24) is 4.90 Å². The van der Waals surface area contributed by atoms with Crippen LogP contribution in [0.4, 0.5) is 10.5 Å². The number of hydrogen-bond donors (Lipinski definition) is 1. The molecule has 0 aliphatic carbocycles. The van der Waals surface area contributed by atoms with E-state index >= 15 is 0 Å². The SMILES string of the molecule is CCC1CCCN(C(=O)Nc2ccc(CC#N)cc2)C1. The molecular weight excluding hydrogens is 250 g/mol. The molecular formula is C16H21N3O. The van der Waals surface area contributed by atoms with Crippen molar-refractivity contribution < 1.29 is 4.79 Å². The first-order valence-corrected chi connectivity index (χ1v) is 7.24. The molecule has 4 nitrogen and oxygen atoms in total. The zero-order valence-corrected chi connectivity index (χ0v) is 11.9. The van der Waals surface area contributed by atoms with E-state index in [1.165, 1.54) is 6.42 Å². The smallest absolute Gasteiger partial charge is 0.321 e. The summed E-state index contributed by atoms with van der Waals surface area (Å²) in [5, 5.41) is 11.6. The summed E-state index contributed by atoms with van der Waals surface area (Å²) in [4.78, 5) is 14.1. The fraction of sp³-hybridized carbons (Fsp3) is 0.500. The standard InChI is InChI=1S/C16H21N3O/c1-2-13-4-3-11-19(12-13)16(20)18-15-7-5-14(6-8-15)9-10-17/h5-8,13H,2-4,9,11-12H2,1H3,(H,18,20). The van der Waals surface area contributed by atoms with Gasteiger partial charge in [-0.15, -0.1) is 0 Å². The summed E-state index contributed by atoms with van der Waals surface area (Å²) >= 11 is 0. The van der Waals surface area contributed by atoms with E-state index in [-0.39, 0.29) is 6.03 Å². The average Bonchev–Trinajstić information content (AvgIpc) is 2.49. The van der Waals surface area contributed by atoms with Crippen LogP contribution in [-0.4, -0.2) is 24.0 Å². The van der Waals surface area contributed by atoms with Gasteiger partial charge in [0, 0.05) is 18.8 Å². The van der Waals surface area contributed by atoms with Gasteiger partial charge in [-0.25, -0.2) is 4.79 Å². The average molecular weight is 271 g/mol. The number of likely N-dealkylation sites (tertiary alicyclic amines) is 1. The zero-order valence-electron chi connectivity index (χ0n) is 11.9. The molecule has 0 saturated carbocycles. The van der Waals surface area contributed by atoms with E-state index in [0.29, 0.717) is 12.3 Å². The maximum Gasteiger partial charge on any atom is 0.321 e. The first-order chi connectivity index (χ1) is 9.72. The maximum absolute atomic E-state index is 12.2. The summed E-state index contributed by atoms with van der Waals surface area (Å²) in [5.41, 5.74) is 1.75. The molecule has 1 heterocycles. The van der Waals surface area contributed by atoms with Gasteiger partial charge in [0.15, 0.2) is 0 Å². The fourth-order valence-electron chi connectivity index (χ4n) is 2.58. The van der Waals surface area contributed by atoms with Gasteiger partial charge in [0.05, 0.1) is 12.5 Å². The van der Waals surface area contributed by atoms with E-state index in [0.717, 1.165) is 37.2 Å². The summed E-state index contributed by atoms with van der Waals surface area (Å²) in [7, 11) is 0. The summed E-state index contributed by atoms with van der Waals surface area (Å²) < 4.78 is 0. The predicted octanol–water partition coefficient (Wildman–Crippen LogP) is 3.41. The van der Waals surface area contributed by atoms with Crippen LogP contribution in [0.25, 0.3) is 0 Å². The van der Waals surface area contributed by atoms with E-state index in [4.69, 9.17) is 5.26 Å². The molecule has 4 heteroatoms. The van der Waals surface area contributed by atoms with Gasteiger partial charge in [-0.1, -0.05) is 25.5 Å². The van der Waals surface area contributed by atoms with Crippen LogP contribution in [0.5, 0.6) is 0 Å². The van der Waals surface area contributed by atoms with Gasteiger partial charge in [0.25, 0.3) is 0 Å². The summed E-state index contributed by atoms with van der Waals surface area (Å²) in [6, 6.07) is 9.56. The molecule has 1 N–H and O–H groups in total. The lowest BCUT2D eigenvalue weighted by Gasteiger charge is -2.32. The third kappa shape index (κ3) is 3.74. The first kappa shape index (κ1) is 14.4. The van der Waals surface area contributed by atoms with Gasteiger partial charge < -0.3 is 10.2 Å². The van der Waals surface area contributed by atoms with Crippen molar-refractivity contribution in [2.45, 2.75) is 32.6 Å². The number of amides is 2. The quantitative estimate of drug-likeness (QED) is 0.916. The number of benzene rings is 1. The molecule has 0 bridgehead atoms. The van der Waals surface area contributed by atoms with Crippen LogP contribution >= 0.6 is 0 Å². The molecule has 0 spiro atoms. The van der Waals surface area contributed by atoms with Crippen LogP contribution in [0.1, 0.15) is 31.7 Å². The Balaban J connectivity index is 1.92. The molecule has 1 aromatic carbocycles. The van der Waals surface area contributed by atoms with E-state index in [1.54, 1.807) is 0 Å². The predicted molar refractivity (Wildman–Crippen MR) is 79.4 cm³/mol. The number of nitriles is 1. The van der Waals surface area contributed by atoms with Gasteiger partial charge in [-0.3, -0.25) is 0 Å². The number of nitrogens with zero attached hydrogens (tertiary/aromatic N) is 2. The zero-order chi connectivity index (χ0) is 14.4. The first-order valence-electron chi connectivity index (χ1n) is 7.24. The number of hydrogen-bond acceptors (Lipinski definition) is 2. The fourth-order valence-corrected chi connectivity index (χ4v) is 2.58. The van der Waals surface area contributed by atoms with Crippen LogP contribution in [0.15, 0.2) is 24.3 Å². The van der Waals surface area contributed by atoms with Crippen molar-refractivity contribution in [3.63, 3.8) is 0 Å². The van der Waals surface area contributed by atoms with E-state index in [2.05, 4.69) is 18.3 Å². The van der Waals surface area contributed by atoms with E-state index in [9.17, 15) is 4.79 Å². The molecule has 20 heavy (non-hydrogen) atoms. The Morgan fingerprint density at radius 2 is 2.20 bits per heavy atom. The van der Waals surface area contributed by atoms with Crippen LogP contribution in [0.3, 0.4) is 0 Å². The third-order valence-electron chi connectivity index (χ3n) is 3.87. The number of rotatable bonds is 3. The van der Waals surface area contributed by atoms with E-state index in [1.807, 2.05) is 29.2 Å². The highest BCUT2D eigenvalue weighted by Crippen LogP contribution is 2.20. The molecule has 1 saturated heterocycles. The van der Waals surface area contributed by atoms with Crippen molar-refractivity contribution >= 4 is 11.7 Å². The van der Waals surface area contributed by atoms with Crippen molar-refractivity contribution in [1.29, 1.82) is 5.26 Å². The van der Waals surface area contributed by atoms with Gasteiger partial charge >= 0.3 is 6.03 Å². The second kappa shape index (κ2) is 6.95. The molecule has 0 aromatic heterocycles. The van der Waals surface area contributed by atoms with Crippen molar-refractivity contribution in [3.05, 3.63) is 29.8 Å². The third-order valence-corrected chi connectivity index (χ3v) is 3.87. The molecule has 1 aliphatic rings. The van der Waals surface area contributed by atoms with Gasteiger partial charge in [-0.05, 0) is 36.5 Å². The van der Waals surface area contributed by atoms with Crippen molar-refractivity contribution in [2.24, 2.45) is 5.92 Å². The number of carbonyl (C=O) groups excluding carboxylic acids is 1. The highest BCUT2D eigenvalue weighted by Gasteiger charge is 2.22. The Labute approximate surface area is 120 Å². The number of carbonyl (C=O) groups is 1. The molecule has 2 rings (SSSR count). The molecule has 106 valence electrons. The Bertz CT molecular complexity index is 489. The molecule has 1 fully saturated rings. The summed E-state index contributed by atoms with van der Waals surface area (Å²) in [6.45, 7) is 3.88. The number of piperidine rings is 1. The van der Waals surface area contributed by atoms with Crippen LogP contribution in [-0.2, 0) is 6.42 Å². The lowest BCUT2D eigenvalue weighted by atomic mass is 9.96. The molecule has 1 unspecified atom stereocenters. The molecule has 1 aliphatic heterocycles. The van der Waals surface area contributed by atoms with Gasteiger partial charge in [-0.2, -0.15) is 5.26 Å². The lowest BCUT2D eigenvalue weighted by Crippen LogP contribution is -2.42. The normalized spacial score (nSPS) is 18.4.